The number of hydrogen-bond acceptors (Lipinski definition) is 5. The third-order valence-electron chi connectivity index (χ3n) is 5.51. The van der Waals surface area contributed by atoms with Crippen molar-refractivity contribution in [3.8, 4) is 5.75 Å². The van der Waals surface area contributed by atoms with Crippen LogP contribution in [0, 0.1) is 0 Å². The lowest BCUT2D eigenvalue weighted by molar-refractivity contribution is -0.142. The highest BCUT2D eigenvalue weighted by Crippen LogP contribution is 2.29. The second-order valence-electron chi connectivity index (χ2n) is 8.15. The molecule has 37 heavy (non-hydrogen) atoms. The molecule has 0 bridgehead atoms. The summed E-state index contributed by atoms with van der Waals surface area (Å²) in [5, 5.41) is 2.25. The SMILES string of the molecule is CCOC(=O)C(Cc1ccc(OC)c(C(=O)NCc2ccc(C(F)(F)F)cc2)c1)SCc1ccccc1. The van der Waals surface area contributed by atoms with Crippen LogP contribution in [0.1, 0.15) is 39.5 Å². The molecule has 0 saturated heterocycles. The fourth-order valence-corrected chi connectivity index (χ4v) is 4.68. The van der Waals surface area contributed by atoms with Gasteiger partial charge in [-0.25, -0.2) is 0 Å². The molecule has 0 aliphatic carbocycles. The molecule has 5 nitrogen and oxygen atoms in total. The van der Waals surface area contributed by atoms with Gasteiger partial charge in [0.2, 0.25) is 0 Å². The number of halogens is 3. The van der Waals surface area contributed by atoms with Crippen molar-refractivity contribution in [1.29, 1.82) is 0 Å². The van der Waals surface area contributed by atoms with Crippen molar-refractivity contribution in [2.24, 2.45) is 0 Å². The van der Waals surface area contributed by atoms with Crippen molar-refractivity contribution < 1.29 is 32.2 Å². The Labute approximate surface area is 218 Å². The van der Waals surface area contributed by atoms with Gasteiger partial charge in [0.25, 0.3) is 5.91 Å². The number of amides is 1. The minimum atomic E-state index is -4.42. The standard InChI is InChI=1S/C28H28F3NO4S/c1-3-36-27(34)25(37-18-20-7-5-4-6-8-20)16-21-11-14-24(35-2)23(15-21)26(33)32-17-19-9-12-22(13-10-19)28(29,30)31/h4-15,25H,3,16-18H2,1-2H3,(H,32,33). The van der Waals surface area contributed by atoms with E-state index >= 15 is 0 Å². The number of nitrogens with one attached hydrogen (secondary N) is 1. The second kappa shape index (κ2) is 13.2. The number of alkyl halides is 3. The number of benzene rings is 3. The first-order valence-electron chi connectivity index (χ1n) is 11.6. The van der Waals surface area contributed by atoms with E-state index in [0.717, 1.165) is 23.3 Å². The third-order valence-corrected chi connectivity index (χ3v) is 6.77. The van der Waals surface area contributed by atoms with Crippen LogP contribution >= 0.6 is 11.8 Å². The average molecular weight is 532 g/mol. The zero-order valence-corrected chi connectivity index (χ0v) is 21.3. The van der Waals surface area contributed by atoms with E-state index in [0.29, 0.717) is 23.5 Å². The van der Waals surface area contributed by atoms with Crippen molar-refractivity contribution in [1.82, 2.24) is 5.32 Å². The molecular weight excluding hydrogens is 503 g/mol. The van der Waals surface area contributed by atoms with Crippen LogP contribution in [0.4, 0.5) is 13.2 Å². The summed E-state index contributed by atoms with van der Waals surface area (Å²) in [6.45, 7) is 2.06. The monoisotopic (exact) mass is 531 g/mol. The van der Waals surface area contributed by atoms with Gasteiger partial charge in [-0.3, -0.25) is 9.59 Å². The van der Waals surface area contributed by atoms with E-state index in [9.17, 15) is 22.8 Å². The van der Waals surface area contributed by atoms with E-state index in [-0.39, 0.29) is 24.7 Å². The molecule has 0 radical (unpaired) electrons. The van der Waals surface area contributed by atoms with Crippen LogP contribution in [0.15, 0.2) is 72.8 Å². The Morgan fingerprint density at radius 2 is 1.62 bits per heavy atom. The molecule has 1 amide bonds. The molecule has 3 aromatic rings. The van der Waals surface area contributed by atoms with Crippen molar-refractivity contribution in [3.63, 3.8) is 0 Å². The minimum absolute atomic E-state index is 0.0444. The third kappa shape index (κ3) is 8.28. The number of carbonyl (C=O) groups is 2. The van der Waals surface area contributed by atoms with Crippen molar-refractivity contribution in [2.75, 3.05) is 13.7 Å². The highest BCUT2D eigenvalue weighted by atomic mass is 32.2. The van der Waals surface area contributed by atoms with Crippen molar-refractivity contribution in [3.05, 3.63) is 101 Å². The second-order valence-corrected chi connectivity index (χ2v) is 9.34. The largest absolute Gasteiger partial charge is 0.496 e. The number of rotatable bonds is 11. The molecule has 0 fully saturated rings. The maximum Gasteiger partial charge on any atom is 0.416 e. The first-order chi connectivity index (χ1) is 17.7. The summed E-state index contributed by atoms with van der Waals surface area (Å²) in [5.74, 6) is 0.204. The molecule has 1 atom stereocenters. The van der Waals surface area contributed by atoms with Gasteiger partial charge in [-0.15, -0.1) is 11.8 Å². The lowest BCUT2D eigenvalue weighted by Crippen LogP contribution is -2.25. The minimum Gasteiger partial charge on any atom is -0.496 e. The van der Waals surface area contributed by atoms with Gasteiger partial charge >= 0.3 is 12.1 Å². The Hall–Kier alpha value is -3.46. The summed E-state index contributed by atoms with van der Waals surface area (Å²) in [6, 6.07) is 19.5. The summed E-state index contributed by atoms with van der Waals surface area (Å²) < 4.78 is 49.0. The number of carbonyl (C=O) groups excluding carboxylic acids is 2. The number of methoxy groups -OCH3 is 1. The first-order valence-corrected chi connectivity index (χ1v) is 12.7. The fraction of sp³-hybridized carbons (Fsp3) is 0.286. The van der Waals surface area contributed by atoms with Gasteiger partial charge in [0.15, 0.2) is 0 Å². The maximum absolute atomic E-state index is 12.9. The zero-order valence-electron chi connectivity index (χ0n) is 20.5. The summed E-state index contributed by atoms with van der Waals surface area (Å²) >= 11 is 1.47. The van der Waals surface area contributed by atoms with E-state index in [1.54, 1.807) is 25.1 Å². The van der Waals surface area contributed by atoms with Gasteiger partial charge in [-0.1, -0.05) is 48.5 Å². The van der Waals surface area contributed by atoms with Gasteiger partial charge in [0, 0.05) is 12.3 Å². The zero-order chi connectivity index (χ0) is 26.8. The van der Waals surface area contributed by atoms with Crippen LogP contribution < -0.4 is 10.1 Å². The topological polar surface area (TPSA) is 64.6 Å². The molecule has 196 valence electrons. The Morgan fingerprint density at radius 3 is 2.24 bits per heavy atom. The summed E-state index contributed by atoms with van der Waals surface area (Å²) in [5.41, 5.74) is 1.87. The lowest BCUT2D eigenvalue weighted by atomic mass is 10.0. The van der Waals surface area contributed by atoms with Gasteiger partial charge in [0.1, 0.15) is 11.0 Å². The molecular formula is C28H28F3NO4S. The molecule has 3 rings (SSSR count). The van der Waals surface area contributed by atoms with Crippen LogP contribution in [-0.4, -0.2) is 30.8 Å². The van der Waals surface area contributed by atoms with Crippen molar-refractivity contribution in [2.45, 2.75) is 37.1 Å². The van der Waals surface area contributed by atoms with Gasteiger partial charge in [-0.2, -0.15) is 13.2 Å². The highest BCUT2D eigenvalue weighted by Gasteiger charge is 2.30. The summed E-state index contributed by atoms with van der Waals surface area (Å²) in [6.07, 6.45) is -4.07. The summed E-state index contributed by atoms with van der Waals surface area (Å²) in [4.78, 5) is 25.6. The average Bonchev–Trinajstić information content (AvgIpc) is 2.90. The Bertz CT molecular complexity index is 1180. The predicted molar refractivity (Wildman–Crippen MR) is 137 cm³/mol. The Morgan fingerprint density at radius 1 is 0.946 bits per heavy atom. The molecule has 9 heteroatoms. The van der Waals surface area contributed by atoms with E-state index in [1.165, 1.54) is 31.0 Å². The molecule has 0 spiro atoms. The number of hydrogen-bond donors (Lipinski definition) is 1. The van der Waals surface area contributed by atoms with E-state index in [4.69, 9.17) is 9.47 Å². The Balaban J connectivity index is 1.72. The summed E-state index contributed by atoms with van der Waals surface area (Å²) in [7, 11) is 1.44. The van der Waals surface area contributed by atoms with E-state index in [1.807, 2.05) is 30.3 Å². The van der Waals surface area contributed by atoms with Crippen LogP contribution in [0.25, 0.3) is 0 Å². The van der Waals surface area contributed by atoms with Gasteiger partial charge in [-0.05, 0) is 54.3 Å². The quantitative estimate of drug-likeness (QED) is 0.305. The first kappa shape index (κ1) is 28.1. The predicted octanol–water partition coefficient (Wildman–Crippen LogP) is 6.05. The highest BCUT2D eigenvalue weighted by molar-refractivity contribution is 7.99. The van der Waals surface area contributed by atoms with Crippen LogP contribution in [0.5, 0.6) is 5.75 Å². The molecule has 0 aliphatic rings. The normalized spacial score (nSPS) is 12.0. The number of ether oxygens (including phenoxy) is 2. The Kier molecular flexibility index (Phi) is 10.0. The maximum atomic E-state index is 12.9. The van der Waals surface area contributed by atoms with Crippen molar-refractivity contribution >= 4 is 23.6 Å². The molecule has 1 unspecified atom stereocenters. The fourth-order valence-electron chi connectivity index (χ4n) is 3.58. The molecule has 0 aromatic heterocycles. The smallest absolute Gasteiger partial charge is 0.416 e. The van der Waals surface area contributed by atoms with E-state index in [2.05, 4.69) is 5.32 Å². The molecule has 1 N–H and O–H groups in total. The molecule has 0 saturated carbocycles. The molecule has 0 aliphatic heterocycles. The van der Waals surface area contributed by atoms with Gasteiger partial charge < -0.3 is 14.8 Å². The van der Waals surface area contributed by atoms with Crippen LogP contribution in [0.2, 0.25) is 0 Å². The molecule has 0 heterocycles. The molecule has 3 aromatic carbocycles. The van der Waals surface area contributed by atoms with Crippen LogP contribution in [-0.2, 0) is 34.4 Å². The van der Waals surface area contributed by atoms with Crippen LogP contribution in [0.3, 0.4) is 0 Å². The van der Waals surface area contributed by atoms with Gasteiger partial charge in [0.05, 0.1) is 24.8 Å². The number of esters is 1. The lowest BCUT2D eigenvalue weighted by Gasteiger charge is -2.17. The van der Waals surface area contributed by atoms with E-state index < -0.39 is 22.9 Å². The number of thioether (sulfide) groups is 1.